The number of nitrogens with one attached hydrogen (secondary N) is 1. The van der Waals surface area contributed by atoms with Crippen molar-refractivity contribution in [1.82, 2.24) is 15.1 Å². The maximum absolute atomic E-state index is 3.51. The SMILES string of the molecule is C1CNCC(N2CCN(C3CC3)C2)C1. The second-order valence-electron chi connectivity index (χ2n) is 5.00. The van der Waals surface area contributed by atoms with E-state index in [4.69, 9.17) is 0 Å². The van der Waals surface area contributed by atoms with Crippen molar-refractivity contribution in [2.24, 2.45) is 0 Å². The third-order valence-corrected chi connectivity index (χ3v) is 3.89. The van der Waals surface area contributed by atoms with Crippen LogP contribution in [0.15, 0.2) is 0 Å². The van der Waals surface area contributed by atoms with Gasteiger partial charge in [-0.05, 0) is 32.2 Å². The van der Waals surface area contributed by atoms with Crippen LogP contribution in [0.25, 0.3) is 0 Å². The van der Waals surface area contributed by atoms with Crippen molar-refractivity contribution in [1.29, 1.82) is 0 Å². The largest absolute Gasteiger partial charge is 0.315 e. The molecule has 3 fully saturated rings. The second kappa shape index (κ2) is 3.80. The molecule has 80 valence electrons. The van der Waals surface area contributed by atoms with E-state index in [0.717, 1.165) is 12.1 Å². The highest BCUT2D eigenvalue weighted by atomic mass is 15.4. The Kier molecular flexibility index (Phi) is 2.48. The van der Waals surface area contributed by atoms with Gasteiger partial charge in [0, 0.05) is 31.7 Å². The van der Waals surface area contributed by atoms with Crippen LogP contribution in [-0.4, -0.2) is 54.7 Å². The van der Waals surface area contributed by atoms with Gasteiger partial charge in [-0.1, -0.05) is 0 Å². The van der Waals surface area contributed by atoms with E-state index in [1.807, 2.05) is 0 Å². The standard InChI is InChI=1S/C11H21N3/c1-2-11(8-12-5-1)14-7-6-13(9-14)10-3-4-10/h10-12H,1-9H2. The fraction of sp³-hybridized carbons (Fsp3) is 1.00. The van der Waals surface area contributed by atoms with Gasteiger partial charge in [0.05, 0.1) is 6.67 Å². The van der Waals surface area contributed by atoms with Crippen LogP contribution < -0.4 is 5.32 Å². The summed E-state index contributed by atoms with van der Waals surface area (Å²) in [4.78, 5) is 5.36. The highest BCUT2D eigenvalue weighted by Crippen LogP contribution is 2.29. The van der Waals surface area contributed by atoms with Crippen LogP contribution in [0.5, 0.6) is 0 Å². The topological polar surface area (TPSA) is 18.5 Å². The zero-order valence-corrected chi connectivity index (χ0v) is 8.91. The van der Waals surface area contributed by atoms with E-state index in [1.54, 1.807) is 0 Å². The molecule has 0 aromatic rings. The summed E-state index contributed by atoms with van der Waals surface area (Å²) in [5.74, 6) is 0. The highest BCUT2D eigenvalue weighted by Gasteiger charge is 2.35. The molecule has 0 amide bonds. The average molecular weight is 195 g/mol. The van der Waals surface area contributed by atoms with Gasteiger partial charge in [0.25, 0.3) is 0 Å². The molecule has 3 rings (SSSR count). The molecule has 1 aliphatic carbocycles. The third-order valence-electron chi connectivity index (χ3n) is 3.89. The van der Waals surface area contributed by atoms with Crippen molar-refractivity contribution in [2.75, 3.05) is 32.8 Å². The van der Waals surface area contributed by atoms with Crippen molar-refractivity contribution < 1.29 is 0 Å². The number of nitrogens with zero attached hydrogens (tertiary/aromatic N) is 2. The van der Waals surface area contributed by atoms with Crippen molar-refractivity contribution in [3.05, 3.63) is 0 Å². The van der Waals surface area contributed by atoms with Crippen LogP contribution in [0.4, 0.5) is 0 Å². The van der Waals surface area contributed by atoms with Gasteiger partial charge in [-0.2, -0.15) is 0 Å². The van der Waals surface area contributed by atoms with Gasteiger partial charge in [-0.15, -0.1) is 0 Å². The Morgan fingerprint density at radius 2 is 1.71 bits per heavy atom. The molecular weight excluding hydrogens is 174 g/mol. The number of hydrogen-bond donors (Lipinski definition) is 1. The molecule has 2 saturated heterocycles. The first kappa shape index (κ1) is 9.13. The van der Waals surface area contributed by atoms with E-state index < -0.39 is 0 Å². The fourth-order valence-electron chi connectivity index (χ4n) is 2.81. The van der Waals surface area contributed by atoms with Crippen molar-refractivity contribution in [3.8, 4) is 0 Å². The van der Waals surface area contributed by atoms with E-state index in [-0.39, 0.29) is 0 Å². The predicted molar refractivity (Wildman–Crippen MR) is 57.2 cm³/mol. The molecule has 0 aromatic carbocycles. The Labute approximate surface area is 86.4 Å². The summed E-state index contributed by atoms with van der Waals surface area (Å²) in [5.41, 5.74) is 0. The van der Waals surface area contributed by atoms with Crippen molar-refractivity contribution in [3.63, 3.8) is 0 Å². The first-order valence-corrected chi connectivity index (χ1v) is 6.12. The molecule has 3 aliphatic rings. The molecule has 3 nitrogen and oxygen atoms in total. The molecule has 3 heteroatoms. The Morgan fingerprint density at radius 3 is 2.36 bits per heavy atom. The summed E-state index contributed by atoms with van der Waals surface area (Å²) in [6, 6.07) is 1.78. The summed E-state index contributed by atoms with van der Waals surface area (Å²) >= 11 is 0. The quantitative estimate of drug-likeness (QED) is 0.691. The molecular formula is C11H21N3. The summed E-state index contributed by atoms with van der Waals surface area (Å²) in [7, 11) is 0. The molecule has 0 bridgehead atoms. The molecule has 2 aliphatic heterocycles. The lowest BCUT2D eigenvalue weighted by Crippen LogP contribution is -2.45. The van der Waals surface area contributed by atoms with Gasteiger partial charge in [0.15, 0.2) is 0 Å². The van der Waals surface area contributed by atoms with Crippen molar-refractivity contribution in [2.45, 2.75) is 37.8 Å². The van der Waals surface area contributed by atoms with Gasteiger partial charge in [-0.3, -0.25) is 9.80 Å². The third kappa shape index (κ3) is 1.81. The summed E-state index contributed by atoms with van der Waals surface area (Å²) in [6.45, 7) is 6.33. The van der Waals surface area contributed by atoms with Gasteiger partial charge in [0.2, 0.25) is 0 Å². The molecule has 0 aromatic heterocycles. The van der Waals surface area contributed by atoms with E-state index >= 15 is 0 Å². The molecule has 1 unspecified atom stereocenters. The monoisotopic (exact) mass is 195 g/mol. The number of hydrogen-bond acceptors (Lipinski definition) is 3. The Morgan fingerprint density at radius 1 is 0.929 bits per heavy atom. The lowest BCUT2D eigenvalue weighted by Gasteiger charge is -2.31. The van der Waals surface area contributed by atoms with Crippen LogP contribution in [0.3, 0.4) is 0 Å². The smallest absolute Gasteiger partial charge is 0.0513 e. The highest BCUT2D eigenvalue weighted by molar-refractivity contribution is 4.90. The Balaban J connectivity index is 1.52. The van der Waals surface area contributed by atoms with E-state index in [2.05, 4.69) is 15.1 Å². The molecule has 14 heavy (non-hydrogen) atoms. The average Bonchev–Trinajstić information content (AvgIpc) is 2.98. The summed E-state index contributed by atoms with van der Waals surface area (Å²) in [6.07, 6.45) is 5.68. The molecule has 0 spiro atoms. The maximum Gasteiger partial charge on any atom is 0.0513 e. The molecule has 1 N–H and O–H groups in total. The van der Waals surface area contributed by atoms with Gasteiger partial charge in [-0.25, -0.2) is 0 Å². The van der Waals surface area contributed by atoms with E-state index in [0.29, 0.717) is 0 Å². The van der Waals surface area contributed by atoms with E-state index in [9.17, 15) is 0 Å². The first-order chi connectivity index (χ1) is 6.93. The van der Waals surface area contributed by atoms with Crippen LogP contribution in [0.2, 0.25) is 0 Å². The summed E-state index contributed by atoms with van der Waals surface area (Å²) < 4.78 is 0. The minimum atomic E-state index is 0.826. The molecule has 1 atom stereocenters. The van der Waals surface area contributed by atoms with Gasteiger partial charge in [0.1, 0.15) is 0 Å². The van der Waals surface area contributed by atoms with Crippen LogP contribution in [-0.2, 0) is 0 Å². The van der Waals surface area contributed by atoms with Crippen LogP contribution >= 0.6 is 0 Å². The molecule has 1 saturated carbocycles. The lowest BCUT2D eigenvalue weighted by atomic mass is 10.1. The van der Waals surface area contributed by atoms with Crippen LogP contribution in [0.1, 0.15) is 25.7 Å². The molecule has 0 radical (unpaired) electrons. The minimum Gasteiger partial charge on any atom is -0.315 e. The van der Waals surface area contributed by atoms with Gasteiger partial charge >= 0.3 is 0 Å². The zero-order valence-electron chi connectivity index (χ0n) is 8.91. The van der Waals surface area contributed by atoms with Crippen LogP contribution in [0, 0.1) is 0 Å². The Hall–Kier alpha value is -0.120. The zero-order chi connectivity index (χ0) is 9.38. The van der Waals surface area contributed by atoms with Gasteiger partial charge < -0.3 is 5.32 Å². The number of rotatable bonds is 2. The Bertz CT molecular complexity index is 197. The van der Waals surface area contributed by atoms with E-state index in [1.165, 1.54) is 58.5 Å². The molecule has 2 heterocycles. The second-order valence-corrected chi connectivity index (χ2v) is 5.00. The first-order valence-electron chi connectivity index (χ1n) is 6.12. The maximum atomic E-state index is 3.51. The van der Waals surface area contributed by atoms with Crippen molar-refractivity contribution >= 4 is 0 Å². The predicted octanol–water partition coefficient (Wildman–Crippen LogP) is 0.476. The lowest BCUT2D eigenvalue weighted by molar-refractivity contribution is 0.163. The normalized spacial score (nSPS) is 36.4. The number of piperidine rings is 1. The summed E-state index contributed by atoms with van der Waals surface area (Å²) in [5, 5.41) is 3.51. The minimum absolute atomic E-state index is 0.826. The fourth-order valence-corrected chi connectivity index (χ4v) is 2.81.